The van der Waals surface area contributed by atoms with Crippen LogP contribution in [-0.4, -0.2) is 12.5 Å². The minimum Gasteiger partial charge on any atom is -0.483 e. The molecular formula is C17H18ClNO2. The molecule has 2 aromatic carbocycles. The third-order valence-corrected chi connectivity index (χ3v) is 3.30. The number of anilines is 1. The fourth-order valence-electron chi connectivity index (χ4n) is 2.30. The molecule has 0 heterocycles. The maximum Gasteiger partial charge on any atom is 0.262 e. The van der Waals surface area contributed by atoms with Gasteiger partial charge in [-0.25, -0.2) is 0 Å². The van der Waals surface area contributed by atoms with E-state index in [0.717, 1.165) is 16.9 Å². The SMILES string of the molecule is Cc1cc(C)c(OCC(=O)Nc2cccc(Cl)c2)c(C)c1. The van der Waals surface area contributed by atoms with E-state index in [4.69, 9.17) is 16.3 Å². The highest BCUT2D eigenvalue weighted by Crippen LogP contribution is 2.24. The van der Waals surface area contributed by atoms with E-state index in [1.165, 1.54) is 5.56 Å². The van der Waals surface area contributed by atoms with Gasteiger partial charge in [0.25, 0.3) is 5.91 Å². The quantitative estimate of drug-likeness (QED) is 0.915. The van der Waals surface area contributed by atoms with E-state index in [0.29, 0.717) is 10.7 Å². The Bertz CT molecular complexity index is 645. The van der Waals surface area contributed by atoms with Gasteiger partial charge in [0.2, 0.25) is 0 Å². The third kappa shape index (κ3) is 4.23. The van der Waals surface area contributed by atoms with Gasteiger partial charge in [0, 0.05) is 10.7 Å². The Morgan fingerprint density at radius 1 is 1.14 bits per heavy atom. The largest absolute Gasteiger partial charge is 0.483 e. The van der Waals surface area contributed by atoms with E-state index in [2.05, 4.69) is 5.32 Å². The number of rotatable bonds is 4. The van der Waals surface area contributed by atoms with Crippen molar-refractivity contribution in [2.24, 2.45) is 0 Å². The lowest BCUT2D eigenvalue weighted by atomic mass is 10.1. The second-order valence-electron chi connectivity index (χ2n) is 5.08. The fraction of sp³-hybridized carbons (Fsp3) is 0.235. The Labute approximate surface area is 129 Å². The van der Waals surface area contributed by atoms with Crippen molar-refractivity contribution in [2.45, 2.75) is 20.8 Å². The lowest BCUT2D eigenvalue weighted by Gasteiger charge is -2.13. The van der Waals surface area contributed by atoms with Gasteiger partial charge in [0.15, 0.2) is 6.61 Å². The molecule has 0 spiro atoms. The topological polar surface area (TPSA) is 38.3 Å². The van der Waals surface area contributed by atoms with Crippen molar-refractivity contribution in [3.63, 3.8) is 0 Å². The van der Waals surface area contributed by atoms with Gasteiger partial charge in [-0.15, -0.1) is 0 Å². The summed E-state index contributed by atoms with van der Waals surface area (Å²) in [4.78, 5) is 11.9. The van der Waals surface area contributed by atoms with Gasteiger partial charge in [-0.3, -0.25) is 4.79 Å². The summed E-state index contributed by atoms with van der Waals surface area (Å²) in [5.41, 5.74) is 3.90. The summed E-state index contributed by atoms with van der Waals surface area (Å²) < 4.78 is 5.64. The molecule has 0 fully saturated rings. The van der Waals surface area contributed by atoms with Crippen LogP contribution < -0.4 is 10.1 Å². The number of ether oxygens (including phenoxy) is 1. The first-order valence-corrected chi connectivity index (χ1v) is 7.09. The molecular weight excluding hydrogens is 286 g/mol. The van der Waals surface area contributed by atoms with Crippen LogP contribution in [0.5, 0.6) is 5.75 Å². The van der Waals surface area contributed by atoms with Crippen molar-refractivity contribution >= 4 is 23.2 Å². The first-order valence-electron chi connectivity index (χ1n) is 6.72. The van der Waals surface area contributed by atoms with E-state index in [9.17, 15) is 4.79 Å². The molecule has 0 atom stereocenters. The molecule has 1 amide bonds. The Morgan fingerprint density at radius 3 is 2.43 bits per heavy atom. The van der Waals surface area contributed by atoms with Crippen molar-refractivity contribution in [1.82, 2.24) is 0 Å². The number of hydrogen-bond donors (Lipinski definition) is 1. The van der Waals surface area contributed by atoms with Crippen LogP contribution in [0, 0.1) is 20.8 Å². The first kappa shape index (κ1) is 15.4. The van der Waals surface area contributed by atoms with Crippen LogP contribution in [0.4, 0.5) is 5.69 Å². The minimum atomic E-state index is -0.211. The van der Waals surface area contributed by atoms with Crippen LogP contribution in [0.15, 0.2) is 36.4 Å². The second kappa shape index (κ2) is 6.64. The molecule has 21 heavy (non-hydrogen) atoms. The summed E-state index contributed by atoms with van der Waals surface area (Å²) in [5.74, 6) is 0.554. The molecule has 0 radical (unpaired) electrons. The number of benzene rings is 2. The molecule has 0 unspecified atom stereocenters. The number of nitrogens with one attached hydrogen (secondary N) is 1. The van der Waals surface area contributed by atoms with Crippen molar-refractivity contribution in [1.29, 1.82) is 0 Å². The van der Waals surface area contributed by atoms with Crippen LogP contribution in [0.2, 0.25) is 5.02 Å². The third-order valence-electron chi connectivity index (χ3n) is 3.06. The number of hydrogen-bond acceptors (Lipinski definition) is 2. The number of carbonyl (C=O) groups excluding carboxylic acids is 1. The van der Waals surface area contributed by atoms with Gasteiger partial charge in [0.05, 0.1) is 0 Å². The van der Waals surface area contributed by atoms with Gasteiger partial charge >= 0.3 is 0 Å². The molecule has 0 aromatic heterocycles. The molecule has 0 aliphatic carbocycles. The van der Waals surface area contributed by atoms with Crippen LogP contribution in [0.3, 0.4) is 0 Å². The summed E-state index contributed by atoms with van der Waals surface area (Å²) in [5, 5.41) is 3.34. The average Bonchev–Trinajstić information content (AvgIpc) is 2.37. The summed E-state index contributed by atoms with van der Waals surface area (Å²) in [6.45, 7) is 5.96. The lowest BCUT2D eigenvalue weighted by Crippen LogP contribution is -2.20. The number of amides is 1. The molecule has 2 aromatic rings. The van der Waals surface area contributed by atoms with E-state index < -0.39 is 0 Å². The highest BCUT2D eigenvalue weighted by molar-refractivity contribution is 6.30. The molecule has 0 aliphatic rings. The standard InChI is InChI=1S/C17H18ClNO2/c1-11-7-12(2)17(13(3)8-11)21-10-16(20)19-15-6-4-5-14(18)9-15/h4-9H,10H2,1-3H3,(H,19,20). The molecule has 1 N–H and O–H groups in total. The number of aryl methyl sites for hydroxylation is 3. The zero-order valence-electron chi connectivity index (χ0n) is 12.4. The number of carbonyl (C=O) groups is 1. The fourth-order valence-corrected chi connectivity index (χ4v) is 2.49. The highest BCUT2D eigenvalue weighted by atomic mass is 35.5. The predicted octanol–water partition coefficient (Wildman–Crippen LogP) is 4.28. The maximum atomic E-state index is 11.9. The monoisotopic (exact) mass is 303 g/mol. The summed E-state index contributed by atoms with van der Waals surface area (Å²) >= 11 is 5.88. The normalized spacial score (nSPS) is 10.3. The van der Waals surface area contributed by atoms with Gasteiger partial charge in [-0.05, 0) is 50.1 Å². The second-order valence-corrected chi connectivity index (χ2v) is 5.51. The molecule has 0 saturated carbocycles. The van der Waals surface area contributed by atoms with E-state index >= 15 is 0 Å². The van der Waals surface area contributed by atoms with E-state index in [-0.39, 0.29) is 12.5 Å². The van der Waals surface area contributed by atoms with Crippen LogP contribution in [0.1, 0.15) is 16.7 Å². The van der Waals surface area contributed by atoms with Crippen molar-refractivity contribution in [3.05, 3.63) is 58.1 Å². The van der Waals surface area contributed by atoms with E-state index in [1.807, 2.05) is 32.9 Å². The molecule has 110 valence electrons. The number of halogens is 1. The molecule has 2 rings (SSSR count). The van der Waals surface area contributed by atoms with Crippen LogP contribution >= 0.6 is 11.6 Å². The molecule has 0 aliphatic heterocycles. The Morgan fingerprint density at radius 2 is 1.81 bits per heavy atom. The summed E-state index contributed by atoms with van der Waals surface area (Å²) in [7, 11) is 0. The van der Waals surface area contributed by atoms with Gasteiger partial charge in [-0.1, -0.05) is 35.4 Å². The highest BCUT2D eigenvalue weighted by Gasteiger charge is 2.08. The van der Waals surface area contributed by atoms with Gasteiger partial charge < -0.3 is 10.1 Å². The van der Waals surface area contributed by atoms with Crippen LogP contribution in [0.25, 0.3) is 0 Å². The summed E-state index contributed by atoms with van der Waals surface area (Å²) in [6.07, 6.45) is 0. The van der Waals surface area contributed by atoms with Crippen LogP contribution in [-0.2, 0) is 4.79 Å². The minimum absolute atomic E-state index is 0.0305. The first-order chi connectivity index (χ1) is 9.95. The predicted molar refractivity (Wildman–Crippen MR) is 86.2 cm³/mol. The zero-order valence-corrected chi connectivity index (χ0v) is 13.1. The Hall–Kier alpha value is -2.00. The maximum absolute atomic E-state index is 11.9. The zero-order chi connectivity index (χ0) is 15.4. The lowest BCUT2D eigenvalue weighted by molar-refractivity contribution is -0.118. The Kier molecular flexibility index (Phi) is 4.86. The summed E-state index contributed by atoms with van der Waals surface area (Å²) in [6, 6.07) is 11.1. The van der Waals surface area contributed by atoms with Crippen molar-refractivity contribution < 1.29 is 9.53 Å². The van der Waals surface area contributed by atoms with Crippen molar-refractivity contribution in [2.75, 3.05) is 11.9 Å². The molecule has 4 heteroatoms. The van der Waals surface area contributed by atoms with Gasteiger partial charge in [0.1, 0.15) is 5.75 Å². The van der Waals surface area contributed by atoms with E-state index in [1.54, 1.807) is 24.3 Å². The molecule has 0 bridgehead atoms. The molecule has 3 nitrogen and oxygen atoms in total. The smallest absolute Gasteiger partial charge is 0.262 e. The van der Waals surface area contributed by atoms with Crippen molar-refractivity contribution in [3.8, 4) is 5.75 Å². The molecule has 0 saturated heterocycles. The Balaban J connectivity index is 1.99. The van der Waals surface area contributed by atoms with Gasteiger partial charge in [-0.2, -0.15) is 0 Å². The average molecular weight is 304 g/mol.